The Labute approximate surface area is 176 Å². The van der Waals surface area contributed by atoms with Crippen molar-refractivity contribution in [2.45, 2.75) is 50.0 Å². The largest absolute Gasteiger partial charge is 0.494 e. The highest BCUT2D eigenvalue weighted by atomic mass is 35.5. The van der Waals surface area contributed by atoms with Crippen LogP contribution < -0.4 is 4.74 Å². The number of sulfone groups is 1. The molecule has 0 saturated carbocycles. The first-order valence-electron chi connectivity index (χ1n) is 9.09. The molecule has 0 radical (unpaired) electrons. The highest BCUT2D eigenvalue weighted by Gasteiger charge is 2.27. The second kappa shape index (κ2) is 7.46. The van der Waals surface area contributed by atoms with Crippen LogP contribution in [0.4, 0.5) is 0 Å². The molecule has 3 rings (SSSR count). The zero-order valence-corrected chi connectivity index (χ0v) is 18.9. The van der Waals surface area contributed by atoms with Gasteiger partial charge >= 0.3 is 0 Å². The molecule has 0 unspecified atom stereocenters. The number of ether oxygens (including phenoxy) is 1. The SMILES string of the molecule is COc1cc(Cl)c(C)cc1-n1nnc(S(=O)(=O)c2ccc(C(C)(C)C)cc2)c1C. The van der Waals surface area contributed by atoms with E-state index in [0.717, 1.165) is 11.1 Å². The maximum atomic E-state index is 13.2. The van der Waals surface area contributed by atoms with Crippen molar-refractivity contribution in [1.29, 1.82) is 0 Å². The zero-order chi connectivity index (χ0) is 21.6. The van der Waals surface area contributed by atoms with Gasteiger partial charge in [0, 0.05) is 11.1 Å². The lowest BCUT2D eigenvalue weighted by atomic mass is 9.87. The van der Waals surface area contributed by atoms with E-state index in [1.807, 2.05) is 19.1 Å². The van der Waals surface area contributed by atoms with Crippen LogP contribution in [0, 0.1) is 13.8 Å². The van der Waals surface area contributed by atoms with Crippen molar-refractivity contribution in [1.82, 2.24) is 15.0 Å². The molecule has 1 aromatic heterocycles. The predicted molar refractivity (Wildman–Crippen MR) is 113 cm³/mol. The van der Waals surface area contributed by atoms with Crippen LogP contribution in [-0.2, 0) is 15.3 Å². The van der Waals surface area contributed by atoms with Gasteiger partial charge in [-0.05, 0) is 48.6 Å². The highest BCUT2D eigenvalue weighted by Crippen LogP contribution is 2.32. The molecule has 0 aliphatic rings. The van der Waals surface area contributed by atoms with Gasteiger partial charge in [0.15, 0.2) is 0 Å². The van der Waals surface area contributed by atoms with Crippen molar-refractivity contribution < 1.29 is 13.2 Å². The lowest BCUT2D eigenvalue weighted by molar-refractivity contribution is 0.411. The van der Waals surface area contributed by atoms with Crippen LogP contribution in [0.5, 0.6) is 5.75 Å². The number of benzene rings is 2. The Morgan fingerprint density at radius 1 is 1.07 bits per heavy atom. The van der Waals surface area contributed by atoms with Crippen molar-refractivity contribution in [3.05, 3.63) is 58.2 Å². The summed E-state index contributed by atoms with van der Waals surface area (Å²) in [5.74, 6) is 0.479. The van der Waals surface area contributed by atoms with E-state index in [-0.39, 0.29) is 15.3 Å². The van der Waals surface area contributed by atoms with Crippen LogP contribution in [0.25, 0.3) is 5.69 Å². The summed E-state index contributed by atoms with van der Waals surface area (Å²) in [5, 5.41) is 8.52. The average molecular weight is 434 g/mol. The summed E-state index contributed by atoms with van der Waals surface area (Å²) in [4.78, 5) is 0.180. The number of aromatic nitrogens is 3. The Morgan fingerprint density at radius 3 is 2.24 bits per heavy atom. The minimum atomic E-state index is -3.82. The molecule has 29 heavy (non-hydrogen) atoms. The van der Waals surface area contributed by atoms with Crippen LogP contribution in [-0.4, -0.2) is 30.5 Å². The number of hydrogen-bond acceptors (Lipinski definition) is 5. The highest BCUT2D eigenvalue weighted by molar-refractivity contribution is 7.91. The van der Waals surface area contributed by atoms with Crippen molar-refractivity contribution in [2.75, 3.05) is 7.11 Å². The van der Waals surface area contributed by atoms with E-state index in [2.05, 4.69) is 31.1 Å². The van der Waals surface area contributed by atoms with Gasteiger partial charge in [0.2, 0.25) is 14.9 Å². The smallest absolute Gasteiger partial charge is 0.227 e. The van der Waals surface area contributed by atoms with Crippen molar-refractivity contribution >= 4 is 21.4 Å². The van der Waals surface area contributed by atoms with Gasteiger partial charge in [-0.25, -0.2) is 13.1 Å². The molecular weight excluding hydrogens is 410 g/mol. The molecule has 1 heterocycles. The second-order valence-electron chi connectivity index (χ2n) is 7.94. The van der Waals surface area contributed by atoms with Crippen molar-refractivity contribution in [2.24, 2.45) is 0 Å². The molecule has 0 saturated heterocycles. The van der Waals surface area contributed by atoms with Crippen molar-refractivity contribution in [3.8, 4) is 11.4 Å². The van der Waals surface area contributed by atoms with Crippen LogP contribution >= 0.6 is 11.6 Å². The van der Waals surface area contributed by atoms with Crippen LogP contribution in [0.15, 0.2) is 46.3 Å². The normalized spacial score (nSPS) is 12.2. The minimum absolute atomic E-state index is 0.0651. The Bertz CT molecular complexity index is 1160. The number of aryl methyl sites for hydroxylation is 1. The maximum Gasteiger partial charge on any atom is 0.227 e. The van der Waals surface area contributed by atoms with Crippen LogP contribution in [0.3, 0.4) is 0 Å². The minimum Gasteiger partial charge on any atom is -0.494 e. The maximum absolute atomic E-state index is 13.2. The lowest BCUT2D eigenvalue weighted by Gasteiger charge is -2.19. The summed E-state index contributed by atoms with van der Waals surface area (Å²) in [6, 6.07) is 10.4. The van der Waals surface area contributed by atoms with Gasteiger partial charge in [-0.2, -0.15) is 0 Å². The molecular formula is C21H24ClN3O3S. The second-order valence-corrected chi connectivity index (χ2v) is 10.2. The zero-order valence-electron chi connectivity index (χ0n) is 17.3. The summed E-state index contributed by atoms with van der Waals surface area (Å²) < 4.78 is 33.2. The Hall–Kier alpha value is -2.38. The van der Waals surface area contributed by atoms with Crippen LogP contribution in [0.2, 0.25) is 5.02 Å². The first-order valence-corrected chi connectivity index (χ1v) is 11.0. The predicted octanol–water partition coefficient (Wildman–Crippen LogP) is 4.68. The van der Waals surface area contributed by atoms with E-state index in [4.69, 9.17) is 16.3 Å². The topological polar surface area (TPSA) is 74.1 Å². The summed E-state index contributed by atoms with van der Waals surface area (Å²) in [5.41, 5.74) is 2.77. The van der Waals surface area contributed by atoms with Gasteiger partial charge < -0.3 is 4.74 Å². The third-order valence-electron chi connectivity index (χ3n) is 4.83. The fraction of sp³-hybridized carbons (Fsp3) is 0.333. The lowest BCUT2D eigenvalue weighted by Crippen LogP contribution is -2.12. The first kappa shape index (κ1) is 21.3. The molecule has 8 heteroatoms. The van der Waals surface area contributed by atoms with Gasteiger partial charge in [-0.1, -0.05) is 49.7 Å². The Kier molecular flexibility index (Phi) is 5.49. The summed E-state index contributed by atoms with van der Waals surface area (Å²) in [6.07, 6.45) is 0. The fourth-order valence-electron chi connectivity index (χ4n) is 3.02. The molecule has 0 amide bonds. The number of nitrogens with zero attached hydrogens (tertiary/aromatic N) is 3. The summed E-state index contributed by atoms with van der Waals surface area (Å²) >= 11 is 6.17. The van der Waals surface area contributed by atoms with Gasteiger partial charge in [0.25, 0.3) is 0 Å². The number of rotatable bonds is 4. The quantitative estimate of drug-likeness (QED) is 0.597. The monoisotopic (exact) mass is 433 g/mol. The molecule has 0 aliphatic carbocycles. The first-order chi connectivity index (χ1) is 13.5. The van der Waals surface area contributed by atoms with Gasteiger partial charge in [0.05, 0.1) is 17.7 Å². The average Bonchev–Trinajstić information content (AvgIpc) is 3.05. The third kappa shape index (κ3) is 3.89. The standard InChI is InChI=1S/C21H24ClN3O3S/c1-13-11-18(19(28-6)12-17(13)22)25-14(2)20(23-24-25)29(26,27)16-9-7-15(8-10-16)21(3,4)5/h7-12H,1-6H3. The molecule has 0 aliphatic heterocycles. The fourth-order valence-corrected chi connectivity index (χ4v) is 4.51. The van der Waals surface area contributed by atoms with Crippen molar-refractivity contribution in [3.63, 3.8) is 0 Å². The van der Waals surface area contributed by atoms with Gasteiger partial charge in [-0.15, -0.1) is 5.10 Å². The third-order valence-corrected chi connectivity index (χ3v) is 7.01. The molecule has 2 aromatic carbocycles. The number of methoxy groups -OCH3 is 1. The molecule has 0 spiro atoms. The molecule has 0 atom stereocenters. The Morgan fingerprint density at radius 2 is 1.69 bits per heavy atom. The Balaban J connectivity index is 2.09. The summed E-state index contributed by atoms with van der Waals surface area (Å²) in [6.45, 7) is 9.75. The van der Waals surface area contributed by atoms with E-state index in [1.165, 1.54) is 11.8 Å². The van der Waals surface area contributed by atoms with Gasteiger partial charge in [0.1, 0.15) is 11.4 Å². The summed E-state index contributed by atoms with van der Waals surface area (Å²) in [7, 11) is -2.30. The van der Waals surface area contributed by atoms with E-state index < -0.39 is 9.84 Å². The molecule has 6 nitrogen and oxygen atoms in total. The molecule has 0 N–H and O–H groups in total. The van der Waals surface area contributed by atoms with E-state index in [9.17, 15) is 8.42 Å². The van der Waals surface area contributed by atoms with Crippen LogP contribution in [0.1, 0.15) is 37.6 Å². The molecule has 154 valence electrons. The van der Waals surface area contributed by atoms with E-state index >= 15 is 0 Å². The molecule has 0 fully saturated rings. The number of halogens is 1. The molecule has 3 aromatic rings. The van der Waals surface area contributed by atoms with Gasteiger partial charge in [-0.3, -0.25) is 0 Å². The number of hydrogen-bond donors (Lipinski definition) is 0. The van der Waals surface area contributed by atoms with E-state index in [0.29, 0.717) is 22.2 Å². The molecule has 0 bridgehead atoms. The van der Waals surface area contributed by atoms with E-state index in [1.54, 1.807) is 31.2 Å².